The Bertz CT molecular complexity index is 532. The number of carbonyl (C=O) groups is 2. The van der Waals surface area contributed by atoms with Crippen molar-refractivity contribution in [3.63, 3.8) is 0 Å². The molecule has 2 aliphatic heterocycles. The van der Waals surface area contributed by atoms with Gasteiger partial charge in [-0.05, 0) is 43.0 Å². The van der Waals surface area contributed by atoms with E-state index in [2.05, 4.69) is 0 Å². The van der Waals surface area contributed by atoms with Crippen molar-refractivity contribution in [1.82, 2.24) is 0 Å². The zero-order chi connectivity index (χ0) is 13.4. The van der Waals surface area contributed by atoms with Crippen LogP contribution in [0.15, 0.2) is 18.2 Å². The lowest BCUT2D eigenvalue weighted by atomic mass is 9.98. The Labute approximate surface area is 112 Å². The average molecular weight is 259 g/mol. The molecule has 4 heteroatoms. The van der Waals surface area contributed by atoms with Gasteiger partial charge in [-0.15, -0.1) is 0 Å². The fourth-order valence-electron chi connectivity index (χ4n) is 2.76. The summed E-state index contributed by atoms with van der Waals surface area (Å²) in [4.78, 5) is 25.6. The molecule has 1 unspecified atom stereocenters. The van der Waals surface area contributed by atoms with Crippen LogP contribution in [0.25, 0.3) is 0 Å². The fourth-order valence-corrected chi connectivity index (χ4v) is 2.76. The number of nitrogens with zero attached hydrogens (tertiary/aromatic N) is 1. The summed E-state index contributed by atoms with van der Waals surface area (Å²) in [5.41, 5.74) is 2.51. The first kappa shape index (κ1) is 12.4. The molecule has 0 aromatic heterocycles. The van der Waals surface area contributed by atoms with Gasteiger partial charge in [-0.3, -0.25) is 9.59 Å². The van der Waals surface area contributed by atoms with Gasteiger partial charge in [-0.1, -0.05) is 0 Å². The van der Waals surface area contributed by atoms with Gasteiger partial charge < -0.3 is 9.64 Å². The molecule has 2 aliphatic rings. The van der Waals surface area contributed by atoms with Crippen molar-refractivity contribution in [3.05, 3.63) is 29.3 Å². The minimum absolute atomic E-state index is 0.0458. The normalized spacial score (nSPS) is 22.5. The van der Waals surface area contributed by atoms with Gasteiger partial charge in [0, 0.05) is 24.9 Å². The predicted octanol–water partition coefficient (Wildman–Crippen LogP) is 1.96. The fraction of sp³-hybridized carbons (Fsp3) is 0.467. The maximum Gasteiger partial charge on any atom is 0.231 e. The van der Waals surface area contributed by atoms with Crippen LogP contribution in [0.2, 0.25) is 0 Å². The first-order chi connectivity index (χ1) is 9.16. The van der Waals surface area contributed by atoms with E-state index in [1.807, 2.05) is 12.1 Å². The van der Waals surface area contributed by atoms with Crippen LogP contribution < -0.4 is 4.90 Å². The second kappa shape index (κ2) is 4.78. The van der Waals surface area contributed by atoms with E-state index in [-0.39, 0.29) is 17.8 Å². The summed E-state index contributed by atoms with van der Waals surface area (Å²) >= 11 is 0. The van der Waals surface area contributed by atoms with Crippen molar-refractivity contribution < 1.29 is 14.3 Å². The summed E-state index contributed by atoms with van der Waals surface area (Å²) in [6.07, 6.45) is 2.96. The third-order valence-electron chi connectivity index (χ3n) is 3.91. The van der Waals surface area contributed by atoms with Gasteiger partial charge in [0.15, 0.2) is 5.78 Å². The lowest BCUT2D eigenvalue weighted by molar-refractivity contribution is -0.117. The smallest absolute Gasteiger partial charge is 0.231 e. The van der Waals surface area contributed by atoms with Crippen LogP contribution >= 0.6 is 0 Å². The molecule has 1 aromatic carbocycles. The van der Waals surface area contributed by atoms with E-state index >= 15 is 0 Å². The number of hydrogen-bond acceptors (Lipinski definition) is 3. The molecular weight excluding hydrogens is 242 g/mol. The molecule has 2 heterocycles. The number of ketones is 1. The summed E-state index contributed by atoms with van der Waals surface area (Å²) in [7, 11) is 1.76. The highest BCUT2D eigenvalue weighted by molar-refractivity contribution is 6.04. The molecular formula is C15H17NO3. The van der Waals surface area contributed by atoms with Gasteiger partial charge in [0.05, 0.1) is 6.42 Å². The van der Waals surface area contributed by atoms with Crippen molar-refractivity contribution >= 4 is 17.4 Å². The number of fused-ring (bicyclic) bond motifs is 1. The Kier molecular flexibility index (Phi) is 3.11. The maximum atomic E-state index is 12.3. The average Bonchev–Trinajstić information content (AvgIpc) is 2.74. The molecule has 1 aromatic rings. The van der Waals surface area contributed by atoms with Gasteiger partial charge in [0.1, 0.15) is 6.10 Å². The summed E-state index contributed by atoms with van der Waals surface area (Å²) in [5.74, 6) is 0.123. The number of Topliss-reactive ketones (excluding diaryl/α,β-unsaturated/α-hetero) is 1. The molecule has 0 bridgehead atoms. The molecule has 0 radical (unpaired) electrons. The molecule has 0 aliphatic carbocycles. The van der Waals surface area contributed by atoms with E-state index in [1.54, 1.807) is 18.0 Å². The van der Waals surface area contributed by atoms with Crippen LogP contribution in [-0.2, 0) is 16.0 Å². The number of benzene rings is 1. The Morgan fingerprint density at radius 3 is 2.95 bits per heavy atom. The van der Waals surface area contributed by atoms with Crippen LogP contribution in [0.1, 0.15) is 35.2 Å². The minimum atomic E-state index is -0.304. The predicted molar refractivity (Wildman–Crippen MR) is 71.5 cm³/mol. The largest absolute Gasteiger partial charge is 0.370 e. The number of amides is 1. The van der Waals surface area contributed by atoms with E-state index in [4.69, 9.17) is 4.74 Å². The first-order valence-electron chi connectivity index (χ1n) is 6.72. The van der Waals surface area contributed by atoms with Gasteiger partial charge in [-0.2, -0.15) is 0 Å². The first-order valence-corrected chi connectivity index (χ1v) is 6.72. The topological polar surface area (TPSA) is 46.6 Å². The lowest BCUT2D eigenvalue weighted by Gasteiger charge is -2.21. The van der Waals surface area contributed by atoms with Crippen LogP contribution in [-0.4, -0.2) is 31.4 Å². The van der Waals surface area contributed by atoms with E-state index < -0.39 is 0 Å². The number of ether oxygens (including phenoxy) is 1. The molecule has 19 heavy (non-hydrogen) atoms. The minimum Gasteiger partial charge on any atom is -0.370 e. The molecule has 1 fully saturated rings. The summed E-state index contributed by atoms with van der Waals surface area (Å²) in [6.45, 7) is 0.669. The molecule has 0 spiro atoms. The monoisotopic (exact) mass is 259 g/mol. The number of hydrogen-bond donors (Lipinski definition) is 0. The standard InChI is InChI=1S/C15H17NO3/c1-16-12-6-5-10(8-11(12)9-14(16)17)15(18)13-4-2-3-7-19-13/h5-6,8,13H,2-4,7,9H2,1H3. The van der Waals surface area contributed by atoms with Crippen LogP contribution in [0.3, 0.4) is 0 Å². The lowest BCUT2D eigenvalue weighted by Crippen LogP contribution is -2.28. The van der Waals surface area contributed by atoms with Crippen LogP contribution in [0, 0.1) is 0 Å². The van der Waals surface area contributed by atoms with Crippen molar-refractivity contribution in [3.8, 4) is 0 Å². The molecule has 3 rings (SSSR count). The van der Waals surface area contributed by atoms with Crippen molar-refractivity contribution in [1.29, 1.82) is 0 Å². The zero-order valence-corrected chi connectivity index (χ0v) is 11.0. The van der Waals surface area contributed by atoms with Crippen molar-refractivity contribution in [2.45, 2.75) is 31.8 Å². The maximum absolute atomic E-state index is 12.3. The van der Waals surface area contributed by atoms with Crippen LogP contribution in [0.5, 0.6) is 0 Å². The van der Waals surface area contributed by atoms with Gasteiger partial charge in [-0.25, -0.2) is 0 Å². The van der Waals surface area contributed by atoms with Gasteiger partial charge in [0.25, 0.3) is 0 Å². The van der Waals surface area contributed by atoms with Crippen LogP contribution in [0.4, 0.5) is 5.69 Å². The second-order valence-corrected chi connectivity index (χ2v) is 5.19. The molecule has 0 saturated carbocycles. The molecule has 1 amide bonds. The van der Waals surface area contributed by atoms with E-state index in [0.717, 1.165) is 30.5 Å². The second-order valence-electron chi connectivity index (χ2n) is 5.19. The number of carbonyl (C=O) groups excluding carboxylic acids is 2. The number of anilines is 1. The van der Waals surface area contributed by atoms with Gasteiger partial charge >= 0.3 is 0 Å². The molecule has 100 valence electrons. The van der Waals surface area contributed by atoms with E-state index in [9.17, 15) is 9.59 Å². The van der Waals surface area contributed by atoms with Crippen molar-refractivity contribution in [2.24, 2.45) is 0 Å². The summed E-state index contributed by atoms with van der Waals surface area (Å²) < 4.78 is 5.53. The summed E-state index contributed by atoms with van der Waals surface area (Å²) in [6, 6.07) is 5.50. The highest BCUT2D eigenvalue weighted by Gasteiger charge is 2.27. The summed E-state index contributed by atoms with van der Waals surface area (Å²) in [5, 5.41) is 0. The highest BCUT2D eigenvalue weighted by Crippen LogP contribution is 2.29. The highest BCUT2D eigenvalue weighted by atomic mass is 16.5. The van der Waals surface area contributed by atoms with E-state index in [0.29, 0.717) is 18.6 Å². The third kappa shape index (κ3) is 2.16. The SMILES string of the molecule is CN1C(=O)Cc2cc(C(=O)C3CCCCO3)ccc21. The Balaban J connectivity index is 1.85. The number of likely N-dealkylation sites (N-methyl/N-ethyl adjacent to an activating group) is 1. The Morgan fingerprint density at radius 1 is 1.37 bits per heavy atom. The molecule has 4 nitrogen and oxygen atoms in total. The number of rotatable bonds is 2. The van der Waals surface area contributed by atoms with E-state index in [1.165, 1.54) is 0 Å². The molecule has 1 atom stereocenters. The Hall–Kier alpha value is -1.68. The third-order valence-corrected chi connectivity index (χ3v) is 3.91. The van der Waals surface area contributed by atoms with Gasteiger partial charge in [0.2, 0.25) is 5.91 Å². The molecule has 1 saturated heterocycles. The van der Waals surface area contributed by atoms with Crippen molar-refractivity contribution in [2.75, 3.05) is 18.6 Å². The Morgan fingerprint density at radius 2 is 2.21 bits per heavy atom. The quantitative estimate of drug-likeness (QED) is 0.763. The zero-order valence-electron chi connectivity index (χ0n) is 11.0. The molecule has 0 N–H and O–H groups in total.